The van der Waals surface area contributed by atoms with Crippen molar-refractivity contribution in [3.05, 3.63) is 65.7 Å². The van der Waals surface area contributed by atoms with Crippen LogP contribution in [0.1, 0.15) is 52.7 Å². The Labute approximate surface area is 237 Å². The van der Waals surface area contributed by atoms with Crippen LogP contribution in [-0.4, -0.2) is 76.1 Å². The zero-order valence-corrected chi connectivity index (χ0v) is 24.3. The van der Waals surface area contributed by atoms with Crippen LogP contribution in [0.4, 0.5) is 9.59 Å². The summed E-state index contributed by atoms with van der Waals surface area (Å²) < 4.78 is 10.7. The molecule has 2 amide bonds. The predicted molar refractivity (Wildman–Crippen MR) is 153 cm³/mol. The summed E-state index contributed by atoms with van der Waals surface area (Å²) in [6.45, 7) is 10.6. The molecule has 0 aliphatic heterocycles. The maximum atomic E-state index is 12.5. The first kappa shape index (κ1) is 32.9. The number of rotatable bonds is 12. The third-order valence-electron chi connectivity index (χ3n) is 5.73. The molecule has 2 aromatic carbocycles. The fourth-order valence-electron chi connectivity index (χ4n) is 3.90. The van der Waals surface area contributed by atoms with Gasteiger partial charge in [0.1, 0.15) is 17.0 Å². The minimum Gasteiger partial charge on any atom is -0.508 e. The number of nitrogens with one attached hydrogen (secondary N) is 3. The van der Waals surface area contributed by atoms with Gasteiger partial charge in [0, 0.05) is 13.1 Å². The minimum atomic E-state index is -1.04. The molecular formula is C30H45N3O7. The number of benzene rings is 2. The molecule has 0 aliphatic carbocycles. The molecule has 0 bridgehead atoms. The van der Waals surface area contributed by atoms with Crippen LogP contribution in [0.25, 0.3) is 0 Å². The van der Waals surface area contributed by atoms with Crippen LogP contribution in [0.3, 0.4) is 0 Å². The number of amides is 2. The largest absolute Gasteiger partial charge is 0.508 e. The van der Waals surface area contributed by atoms with Gasteiger partial charge >= 0.3 is 12.2 Å². The van der Waals surface area contributed by atoms with Gasteiger partial charge in [0.05, 0.1) is 24.3 Å². The third kappa shape index (κ3) is 13.1. The molecule has 0 heterocycles. The van der Waals surface area contributed by atoms with Crippen LogP contribution in [0, 0.1) is 0 Å². The van der Waals surface area contributed by atoms with Gasteiger partial charge in [0.15, 0.2) is 0 Å². The molecule has 10 nitrogen and oxygen atoms in total. The third-order valence-corrected chi connectivity index (χ3v) is 5.73. The number of hydrogen-bond acceptors (Lipinski definition) is 8. The highest BCUT2D eigenvalue weighted by atomic mass is 16.6. The van der Waals surface area contributed by atoms with Gasteiger partial charge in [-0.25, -0.2) is 9.59 Å². The summed E-state index contributed by atoms with van der Waals surface area (Å²) in [5.74, 6) is 0.113. The Morgan fingerprint density at radius 2 is 1.10 bits per heavy atom. The SMILES string of the molecule is CC(C)(C)OC(=O)NC(Cc1ccc(O)cc1)[C@H](O)CNC[C@@H](O)[C@H](Cc1ccccc1)NC(=O)OC(C)(C)C. The van der Waals surface area contributed by atoms with Crippen molar-refractivity contribution in [2.75, 3.05) is 13.1 Å². The average Bonchev–Trinajstić information content (AvgIpc) is 2.82. The van der Waals surface area contributed by atoms with E-state index in [0.29, 0.717) is 6.42 Å². The second-order valence-corrected chi connectivity index (χ2v) is 11.9. The minimum absolute atomic E-state index is 0.0418. The van der Waals surface area contributed by atoms with Gasteiger partial charge in [0.2, 0.25) is 0 Å². The van der Waals surface area contributed by atoms with Gasteiger partial charge in [-0.1, -0.05) is 42.5 Å². The fraction of sp³-hybridized carbons (Fsp3) is 0.533. The Kier molecular flexibility index (Phi) is 12.2. The van der Waals surface area contributed by atoms with Gasteiger partial charge in [0.25, 0.3) is 0 Å². The zero-order valence-electron chi connectivity index (χ0n) is 24.3. The highest BCUT2D eigenvalue weighted by Crippen LogP contribution is 2.14. The topological polar surface area (TPSA) is 149 Å². The smallest absolute Gasteiger partial charge is 0.407 e. The van der Waals surface area contributed by atoms with Crippen molar-refractivity contribution in [1.29, 1.82) is 0 Å². The summed E-state index contributed by atoms with van der Waals surface area (Å²) in [6.07, 6.45) is -2.70. The fourth-order valence-corrected chi connectivity index (χ4v) is 3.90. The van der Waals surface area contributed by atoms with E-state index in [1.54, 1.807) is 53.7 Å². The monoisotopic (exact) mass is 559 g/mol. The molecule has 0 spiro atoms. The molecule has 10 heteroatoms. The number of aliphatic hydroxyl groups is 2. The molecule has 2 rings (SSSR count). The number of alkyl carbamates (subject to hydrolysis) is 2. The Bertz CT molecular complexity index is 1050. The van der Waals surface area contributed by atoms with Crippen LogP contribution in [0.15, 0.2) is 54.6 Å². The first-order valence-corrected chi connectivity index (χ1v) is 13.5. The van der Waals surface area contributed by atoms with E-state index in [4.69, 9.17) is 9.47 Å². The molecule has 40 heavy (non-hydrogen) atoms. The molecule has 0 saturated heterocycles. The average molecular weight is 560 g/mol. The van der Waals surface area contributed by atoms with Gasteiger partial charge < -0.3 is 40.7 Å². The quantitative estimate of drug-likeness (QED) is 0.232. The van der Waals surface area contributed by atoms with E-state index in [9.17, 15) is 24.9 Å². The predicted octanol–water partition coefficient (Wildman–Crippen LogP) is 3.28. The Morgan fingerprint density at radius 3 is 1.50 bits per heavy atom. The Hall–Kier alpha value is -3.34. The highest BCUT2D eigenvalue weighted by molar-refractivity contribution is 5.68. The van der Waals surface area contributed by atoms with E-state index in [0.717, 1.165) is 11.1 Å². The molecule has 0 aliphatic rings. The summed E-state index contributed by atoms with van der Waals surface area (Å²) in [5, 5.41) is 40.1. The summed E-state index contributed by atoms with van der Waals surface area (Å²) >= 11 is 0. The maximum absolute atomic E-state index is 12.5. The maximum Gasteiger partial charge on any atom is 0.407 e. The van der Waals surface area contributed by atoms with Crippen molar-refractivity contribution in [3.63, 3.8) is 0 Å². The van der Waals surface area contributed by atoms with E-state index in [2.05, 4.69) is 16.0 Å². The van der Waals surface area contributed by atoms with E-state index in [-0.39, 0.29) is 25.3 Å². The van der Waals surface area contributed by atoms with Gasteiger partial charge in [-0.3, -0.25) is 0 Å². The molecule has 0 aromatic heterocycles. The van der Waals surface area contributed by atoms with E-state index >= 15 is 0 Å². The highest BCUT2D eigenvalue weighted by Gasteiger charge is 2.27. The lowest BCUT2D eigenvalue weighted by Gasteiger charge is -2.29. The molecule has 222 valence electrons. The molecule has 0 radical (unpaired) electrons. The number of aromatic hydroxyl groups is 1. The summed E-state index contributed by atoms with van der Waals surface area (Å²) in [6, 6.07) is 14.6. The zero-order chi connectivity index (χ0) is 29.9. The summed E-state index contributed by atoms with van der Waals surface area (Å²) in [7, 11) is 0. The number of ether oxygens (including phenoxy) is 2. The van der Waals surface area contributed by atoms with Crippen molar-refractivity contribution < 1.29 is 34.4 Å². The first-order valence-electron chi connectivity index (χ1n) is 13.5. The summed E-state index contributed by atoms with van der Waals surface area (Å²) in [4.78, 5) is 24.9. The molecule has 4 atom stereocenters. The van der Waals surface area contributed by atoms with Gasteiger partial charge in [-0.15, -0.1) is 0 Å². The molecule has 0 fully saturated rings. The molecule has 6 N–H and O–H groups in total. The number of carbonyl (C=O) groups is 2. The second-order valence-electron chi connectivity index (χ2n) is 11.9. The van der Waals surface area contributed by atoms with Crippen molar-refractivity contribution in [2.45, 2.75) is 89.9 Å². The van der Waals surface area contributed by atoms with Gasteiger partial charge in [-0.05, 0) is 77.6 Å². The molecule has 0 saturated carbocycles. The van der Waals surface area contributed by atoms with Crippen LogP contribution >= 0.6 is 0 Å². The van der Waals surface area contributed by atoms with E-state index in [1.165, 1.54) is 12.1 Å². The second kappa shape index (κ2) is 14.9. The first-order chi connectivity index (χ1) is 18.6. The lowest BCUT2D eigenvalue weighted by molar-refractivity contribution is 0.0399. The molecule has 2 aromatic rings. The molecular weight excluding hydrogens is 514 g/mol. The van der Waals surface area contributed by atoms with Crippen molar-refractivity contribution >= 4 is 12.2 Å². The lowest BCUT2D eigenvalue weighted by Crippen LogP contribution is -2.53. The van der Waals surface area contributed by atoms with Crippen molar-refractivity contribution in [2.24, 2.45) is 0 Å². The van der Waals surface area contributed by atoms with Gasteiger partial charge in [-0.2, -0.15) is 0 Å². The number of phenols is 1. The lowest BCUT2D eigenvalue weighted by atomic mass is 10.00. The van der Waals surface area contributed by atoms with E-state index in [1.807, 2.05) is 30.3 Å². The van der Waals surface area contributed by atoms with E-state index < -0.39 is 47.7 Å². The number of aliphatic hydroxyl groups excluding tert-OH is 2. The summed E-state index contributed by atoms with van der Waals surface area (Å²) in [5.41, 5.74) is 0.318. The van der Waals surface area contributed by atoms with Crippen LogP contribution in [0.2, 0.25) is 0 Å². The van der Waals surface area contributed by atoms with Crippen LogP contribution in [-0.2, 0) is 22.3 Å². The standard InChI is InChI=1S/C30H45N3O7/c1-29(2,3)39-27(37)32-23(16-20-10-8-7-9-11-20)25(35)18-31-19-26(36)24(33-28(38)40-30(4,5)6)17-21-12-14-22(34)15-13-21/h7-15,23-26,31,34-36H,16-19H2,1-6H3,(H,32,37)(H,33,38)/t23-,24?,25+,26+/m0/s1. The molecule has 1 unspecified atom stereocenters. The Morgan fingerprint density at radius 1 is 0.700 bits per heavy atom. The Balaban J connectivity index is 2.05. The number of phenolic OH excluding ortho intramolecular Hbond substituents is 1. The van der Waals surface area contributed by atoms with Crippen LogP contribution < -0.4 is 16.0 Å². The van der Waals surface area contributed by atoms with Crippen molar-refractivity contribution in [1.82, 2.24) is 16.0 Å². The normalized spacial score (nSPS) is 14.9. The van der Waals surface area contributed by atoms with Crippen molar-refractivity contribution in [3.8, 4) is 5.75 Å². The number of carbonyl (C=O) groups excluding carboxylic acids is 2. The van der Waals surface area contributed by atoms with Crippen LogP contribution in [0.5, 0.6) is 5.75 Å². The number of hydrogen-bond donors (Lipinski definition) is 6.